The highest BCUT2D eigenvalue weighted by Gasteiger charge is 2.20. The Morgan fingerprint density at radius 1 is 1.44 bits per heavy atom. The Hall–Kier alpha value is -2.07. The van der Waals surface area contributed by atoms with Crippen molar-refractivity contribution in [1.29, 1.82) is 5.26 Å². The first-order valence-electron chi connectivity index (χ1n) is 5.01. The normalized spacial score (nSPS) is 14.6. The van der Waals surface area contributed by atoms with Crippen molar-refractivity contribution in [2.24, 2.45) is 9.98 Å². The number of nitriles is 1. The first-order chi connectivity index (χ1) is 8.74. The Labute approximate surface area is 108 Å². The van der Waals surface area contributed by atoms with Crippen molar-refractivity contribution in [3.63, 3.8) is 0 Å². The summed E-state index contributed by atoms with van der Waals surface area (Å²) in [6, 6.07) is 5.94. The molecule has 1 aromatic rings. The van der Waals surface area contributed by atoms with Crippen LogP contribution in [0.4, 0.5) is 10.1 Å². The number of amidine groups is 2. The molecule has 0 saturated carbocycles. The minimum absolute atomic E-state index is 0.142. The molecule has 0 fully saturated rings. The van der Waals surface area contributed by atoms with Gasteiger partial charge < -0.3 is 4.74 Å². The van der Waals surface area contributed by atoms with Crippen molar-refractivity contribution in [2.45, 2.75) is 0 Å². The Bertz CT molecular complexity index is 535. The number of thioether (sulfide) groups is 1. The van der Waals surface area contributed by atoms with E-state index in [0.717, 1.165) is 0 Å². The van der Waals surface area contributed by atoms with Crippen molar-refractivity contribution < 1.29 is 9.13 Å². The van der Waals surface area contributed by atoms with Gasteiger partial charge in [0.15, 0.2) is 5.17 Å². The predicted molar refractivity (Wildman–Crippen MR) is 68.8 cm³/mol. The van der Waals surface area contributed by atoms with Crippen LogP contribution >= 0.6 is 11.8 Å². The first kappa shape index (κ1) is 12.4. The first-order valence-corrected chi connectivity index (χ1v) is 6.23. The number of nitrogens with zero attached hydrogens (tertiary/aromatic N) is 4. The molecular formula is C11H9FN4OS. The van der Waals surface area contributed by atoms with Gasteiger partial charge in [-0.1, -0.05) is 11.8 Å². The van der Waals surface area contributed by atoms with Gasteiger partial charge in [0.2, 0.25) is 0 Å². The molecule has 0 bridgehead atoms. The van der Waals surface area contributed by atoms with Crippen molar-refractivity contribution in [2.75, 3.05) is 17.8 Å². The molecule has 5 nitrogen and oxygen atoms in total. The number of hydrogen-bond acceptors (Lipinski definition) is 6. The third-order valence-corrected chi connectivity index (χ3v) is 2.81. The molecule has 0 saturated heterocycles. The van der Waals surface area contributed by atoms with E-state index < -0.39 is 0 Å². The maximum Gasteiger partial charge on any atom is 0.317 e. The van der Waals surface area contributed by atoms with Crippen LogP contribution in [0, 0.1) is 17.3 Å². The summed E-state index contributed by atoms with van der Waals surface area (Å²) in [5.41, 5.74) is 0.661. The Kier molecular flexibility index (Phi) is 3.79. The highest BCUT2D eigenvalue weighted by Crippen LogP contribution is 2.19. The molecule has 0 unspecified atom stereocenters. The number of aliphatic imine (C=N–C) groups is 2. The fourth-order valence-electron chi connectivity index (χ4n) is 1.41. The molecule has 0 spiro atoms. The second-order valence-electron chi connectivity index (χ2n) is 3.28. The maximum absolute atomic E-state index is 12.9. The van der Waals surface area contributed by atoms with Gasteiger partial charge in [0.05, 0.1) is 0 Å². The largest absolute Gasteiger partial charge is 0.350 e. The van der Waals surface area contributed by atoms with Gasteiger partial charge in [0.1, 0.15) is 12.5 Å². The van der Waals surface area contributed by atoms with E-state index in [1.165, 1.54) is 23.9 Å². The highest BCUT2D eigenvalue weighted by atomic mass is 32.2. The summed E-state index contributed by atoms with van der Waals surface area (Å²) in [7, 11) is 0. The van der Waals surface area contributed by atoms with E-state index in [2.05, 4.69) is 9.98 Å². The Morgan fingerprint density at radius 3 is 2.78 bits per heavy atom. The van der Waals surface area contributed by atoms with Gasteiger partial charge in [0.25, 0.3) is 6.26 Å². The van der Waals surface area contributed by atoms with E-state index in [0.29, 0.717) is 10.9 Å². The van der Waals surface area contributed by atoms with Crippen molar-refractivity contribution in [1.82, 2.24) is 0 Å². The lowest BCUT2D eigenvalue weighted by Crippen LogP contribution is -2.35. The number of rotatable bonds is 1. The molecule has 1 aliphatic heterocycles. The lowest BCUT2D eigenvalue weighted by atomic mass is 10.3. The van der Waals surface area contributed by atoms with Gasteiger partial charge in [-0.15, -0.1) is 5.26 Å². The quantitative estimate of drug-likeness (QED) is 0.729. The SMILES string of the molecule is CSC1=NCN(c2ccc(F)cc2)C(OC#N)=N1. The molecule has 92 valence electrons. The molecule has 0 N–H and O–H groups in total. The molecule has 7 heteroatoms. The smallest absolute Gasteiger partial charge is 0.317 e. The lowest BCUT2D eigenvalue weighted by Gasteiger charge is -2.24. The molecule has 2 rings (SSSR count). The van der Waals surface area contributed by atoms with Gasteiger partial charge in [-0.2, -0.15) is 4.99 Å². The van der Waals surface area contributed by atoms with Crippen LogP contribution in [0.5, 0.6) is 0 Å². The summed E-state index contributed by atoms with van der Waals surface area (Å²) in [4.78, 5) is 9.87. The van der Waals surface area contributed by atoms with Gasteiger partial charge in [-0.05, 0) is 30.5 Å². The lowest BCUT2D eigenvalue weighted by molar-refractivity contribution is 0.482. The van der Waals surface area contributed by atoms with Crippen molar-refractivity contribution in [3.05, 3.63) is 30.1 Å². The van der Waals surface area contributed by atoms with Crippen molar-refractivity contribution >= 4 is 28.6 Å². The summed E-state index contributed by atoms with van der Waals surface area (Å²) in [5.74, 6) is -0.330. The summed E-state index contributed by atoms with van der Waals surface area (Å²) in [6.07, 6.45) is 3.42. The summed E-state index contributed by atoms with van der Waals surface area (Å²) < 4.78 is 17.7. The summed E-state index contributed by atoms with van der Waals surface area (Å²) >= 11 is 1.36. The number of anilines is 1. The molecule has 0 aromatic heterocycles. The minimum atomic E-state index is -0.330. The molecular weight excluding hydrogens is 255 g/mol. The zero-order valence-electron chi connectivity index (χ0n) is 9.50. The second kappa shape index (κ2) is 5.51. The van der Waals surface area contributed by atoms with Crippen LogP contribution < -0.4 is 4.90 Å². The van der Waals surface area contributed by atoms with Crippen LogP contribution in [-0.2, 0) is 4.74 Å². The number of benzene rings is 1. The van der Waals surface area contributed by atoms with Crippen LogP contribution in [0.15, 0.2) is 34.3 Å². The number of halogens is 1. The van der Waals surface area contributed by atoms with E-state index in [1.807, 2.05) is 6.26 Å². The van der Waals surface area contributed by atoms with Crippen LogP contribution in [0.2, 0.25) is 0 Å². The maximum atomic E-state index is 12.9. The van der Waals surface area contributed by atoms with E-state index in [9.17, 15) is 4.39 Å². The standard InChI is InChI=1S/C11H9FN4OS/c1-18-10-14-7-16(11(15-10)17-6-13)9-4-2-8(12)3-5-9/h2-5H,7H2,1H3. The molecule has 0 atom stereocenters. The van der Waals surface area contributed by atoms with E-state index in [4.69, 9.17) is 10.00 Å². The molecule has 1 aliphatic rings. The Morgan fingerprint density at radius 2 is 2.17 bits per heavy atom. The van der Waals surface area contributed by atoms with Crippen LogP contribution in [0.3, 0.4) is 0 Å². The third-order valence-electron chi connectivity index (χ3n) is 2.23. The van der Waals surface area contributed by atoms with Gasteiger partial charge in [-0.3, -0.25) is 4.90 Å². The topological polar surface area (TPSA) is 61.0 Å². The minimum Gasteiger partial charge on any atom is -0.350 e. The second-order valence-corrected chi connectivity index (χ2v) is 4.05. The molecule has 0 radical (unpaired) electrons. The van der Waals surface area contributed by atoms with E-state index in [-0.39, 0.29) is 18.5 Å². The van der Waals surface area contributed by atoms with Gasteiger partial charge in [0, 0.05) is 5.69 Å². The van der Waals surface area contributed by atoms with E-state index >= 15 is 0 Å². The predicted octanol–water partition coefficient (Wildman–Crippen LogP) is 2.18. The highest BCUT2D eigenvalue weighted by molar-refractivity contribution is 8.13. The molecule has 0 aliphatic carbocycles. The summed E-state index contributed by atoms with van der Waals surface area (Å²) in [5, 5.41) is 9.14. The summed E-state index contributed by atoms with van der Waals surface area (Å²) in [6.45, 7) is 0.280. The van der Waals surface area contributed by atoms with Crippen LogP contribution in [0.25, 0.3) is 0 Å². The number of hydrogen-bond donors (Lipinski definition) is 0. The van der Waals surface area contributed by atoms with Gasteiger partial charge >= 0.3 is 6.02 Å². The average Bonchev–Trinajstić information content (AvgIpc) is 2.40. The zero-order valence-corrected chi connectivity index (χ0v) is 10.3. The monoisotopic (exact) mass is 264 g/mol. The zero-order chi connectivity index (χ0) is 13.0. The molecule has 0 amide bonds. The fraction of sp³-hybridized carbons (Fsp3) is 0.182. The van der Waals surface area contributed by atoms with Gasteiger partial charge in [-0.25, -0.2) is 9.38 Å². The number of ether oxygens (including phenoxy) is 1. The van der Waals surface area contributed by atoms with Crippen molar-refractivity contribution in [3.8, 4) is 6.26 Å². The van der Waals surface area contributed by atoms with Crippen LogP contribution in [-0.4, -0.2) is 24.1 Å². The third kappa shape index (κ3) is 2.60. The Balaban J connectivity index is 2.29. The molecule has 1 aromatic carbocycles. The molecule has 1 heterocycles. The van der Waals surface area contributed by atoms with E-state index in [1.54, 1.807) is 23.3 Å². The molecule has 18 heavy (non-hydrogen) atoms. The fourth-order valence-corrected chi connectivity index (χ4v) is 1.77. The average molecular weight is 264 g/mol. The van der Waals surface area contributed by atoms with Crippen LogP contribution in [0.1, 0.15) is 0 Å².